The largest absolute Gasteiger partial charge is 0.445 e. The first-order chi connectivity index (χ1) is 12.6. The van der Waals surface area contributed by atoms with Crippen molar-refractivity contribution in [2.45, 2.75) is 32.9 Å². The zero-order valence-electron chi connectivity index (χ0n) is 15.6. The number of ether oxygens (including phenoxy) is 1. The summed E-state index contributed by atoms with van der Waals surface area (Å²) in [6.07, 6.45) is 1.12. The van der Waals surface area contributed by atoms with Crippen LogP contribution in [0.5, 0.6) is 0 Å². The monoisotopic (exact) mass is 440 g/mol. The number of rotatable bonds is 5. The highest BCUT2D eigenvalue weighted by atomic mass is 79.9. The molecule has 7 nitrogen and oxygen atoms in total. The lowest BCUT2D eigenvalue weighted by Crippen LogP contribution is -2.43. The van der Waals surface area contributed by atoms with Crippen LogP contribution in [0.1, 0.15) is 20.8 Å². The number of carbonyl (C=O) groups excluding carboxylic acids is 1. The lowest BCUT2D eigenvalue weighted by Gasteiger charge is -2.31. The average molecular weight is 441 g/mol. The highest BCUT2D eigenvalue weighted by molar-refractivity contribution is 9.10. The van der Waals surface area contributed by atoms with E-state index in [2.05, 4.69) is 21.0 Å². The van der Waals surface area contributed by atoms with E-state index in [1.165, 1.54) is 15.8 Å². The molecule has 0 aliphatic carbocycles. The predicted molar refractivity (Wildman–Crippen MR) is 104 cm³/mol. The van der Waals surface area contributed by atoms with Gasteiger partial charge < -0.3 is 9.64 Å². The highest BCUT2D eigenvalue weighted by Gasteiger charge is 2.23. The Hall–Kier alpha value is -2.42. The average Bonchev–Trinajstić information content (AvgIpc) is 2.98. The number of carbonyl (C=O) groups is 1. The van der Waals surface area contributed by atoms with E-state index in [-0.39, 0.29) is 18.7 Å². The molecule has 1 heterocycles. The molecule has 9 heteroatoms. The van der Waals surface area contributed by atoms with Crippen molar-refractivity contribution in [2.24, 2.45) is 0 Å². The van der Waals surface area contributed by atoms with Gasteiger partial charge in [-0.05, 0) is 45.0 Å². The molecule has 1 amide bonds. The van der Waals surface area contributed by atoms with Crippen molar-refractivity contribution in [3.05, 3.63) is 57.5 Å². The van der Waals surface area contributed by atoms with E-state index < -0.39 is 17.3 Å². The molecule has 0 aliphatic rings. The summed E-state index contributed by atoms with van der Waals surface area (Å²) in [5.41, 5.74) is -0.0843. The Balaban J connectivity index is 2.06. The van der Waals surface area contributed by atoms with Gasteiger partial charge in [0.2, 0.25) is 0 Å². The summed E-state index contributed by atoms with van der Waals surface area (Å²) in [6.45, 7) is 5.18. The van der Waals surface area contributed by atoms with E-state index in [1.807, 2.05) is 20.8 Å². The number of hydrogen-bond acceptors (Lipinski definition) is 4. The zero-order chi connectivity index (χ0) is 20.2. The first-order valence-corrected chi connectivity index (χ1v) is 9.02. The van der Waals surface area contributed by atoms with Gasteiger partial charge in [0.1, 0.15) is 12.9 Å². The third-order valence-electron chi connectivity index (χ3n) is 4.01. The minimum Gasteiger partial charge on any atom is -0.445 e. The number of hydrogen-bond donors (Lipinski definition) is 0. The fourth-order valence-electron chi connectivity index (χ4n) is 2.05. The second-order valence-corrected chi connectivity index (χ2v) is 7.89. The van der Waals surface area contributed by atoms with Gasteiger partial charge in [-0.1, -0.05) is 15.9 Å². The molecule has 2 aromatic rings. The predicted octanol–water partition coefficient (Wildman–Crippen LogP) is 3.52. The molecule has 0 N–H and O–H groups in total. The Morgan fingerprint density at radius 3 is 2.52 bits per heavy atom. The Labute approximate surface area is 165 Å². The summed E-state index contributed by atoms with van der Waals surface area (Å²) in [7, 11) is 1.60. The first-order valence-electron chi connectivity index (χ1n) is 8.22. The number of amides is 1. The van der Waals surface area contributed by atoms with Crippen LogP contribution in [-0.2, 0) is 11.3 Å². The summed E-state index contributed by atoms with van der Waals surface area (Å²) < 4.78 is 21.7. The molecule has 146 valence electrons. The number of benzene rings is 1. The van der Waals surface area contributed by atoms with E-state index in [1.54, 1.807) is 31.3 Å². The van der Waals surface area contributed by atoms with Crippen molar-refractivity contribution in [2.75, 3.05) is 13.7 Å². The summed E-state index contributed by atoms with van der Waals surface area (Å²) in [5, 5.41) is 4.00. The van der Waals surface area contributed by atoms with Crippen LogP contribution < -0.4 is 5.69 Å². The molecule has 0 fully saturated rings. The molecule has 1 aromatic carbocycles. The fourth-order valence-corrected chi connectivity index (χ4v) is 2.32. The van der Waals surface area contributed by atoms with Crippen molar-refractivity contribution in [1.29, 1.82) is 0 Å². The van der Waals surface area contributed by atoms with Gasteiger partial charge in [0.25, 0.3) is 0 Å². The van der Waals surface area contributed by atoms with E-state index in [9.17, 15) is 14.0 Å². The smallest absolute Gasteiger partial charge is 0.410 e. The van der Waals surface area contributed by atoms with Gasteiger partial charge in [-0.2, -0.15) is 5.10 Å². The Morgan fingerprint density at radius 1 is 1.33 bits per heavy atom. The third kappa shape index (κ3) is 5.29. The zero-order valence-corrected chi connectivity index (χ0v) is 17.2. The van der Waals surface area contributed by atoms with Crippen molar-refractivity contribution in [3.8, 4) is 5.69 Å². The maximum Gasteiger partial charge on any atom is 0.410 e. The molecule has 0 aliphatic heterocycles. The molecule has 0 radical (unpaired) electrons. The molecular weight excluding hydrogens is 419 g/mol. The quantitative estimate of drug-likeness (QED) is 0.712. The maximum atomic E-state index is 13.2. The molecule has 1 aromatic heterocycles. The second-order valence-electron chi connectivity index (χ2n) is 6.97. The lowest BCUT2D eigenvalue weighted by atomic mass is 10.1. The van der Waals surface area contributed by atoms with Crippen LogP contribution in [-0.4, -0.2) is 44.5 Å². The van der Waals surface area contributed by atoms with Crippen molar-refractivity contribution >= 4 is 22.0 Å². The molecule has 0 saturated carbocycles. The van der Waals surface area contributed by atoms with E-state index in [0.717, 1.165) is 9.15 Å². The fraction of sp³-hybridized carbons (Fsp3) is 0.389. The molecular formula is C18H22BrFN4O3. The van der Waals surface area contributed by atoms with Crippen LogP contribution in [0, 0.1) is 0 Å². The number of halogens is 2. The van der Waals surface area contributed by atoms with Crippen LogP contribution in [0.2, 0.25) is 0 Å². The van der Waals surface area contributed by atoms with Gasteiger partial charge in [-0.15, -0.1) is 0 Å². The lowest BCUT2D eigenvalue weighted by molar-refractivity contribution is 0.0868. The van der Waals surface area contributed by atoms with Crippen LogP contribution in [0.4, 0.5) is 9.18 Å². The standard InChI is InChI=1S/C18H22BrFN4O3/c1-18(2,3)22(4)17(26)27-11-13(9-20)10-24-16(25)23(12-21-24)15-7-5-14(19)6-8-15/h5-9,12H,10-11H2,1-4H3. The van der Waals surface area contributed by atoms with Gasteiger partial charge in [-0.25, -0.2) is 23.2 Å². The first kappa shape index (κ1) is 20.9. The molecule has 0 atom stereocenters. The number of nitrogens with zero attached hydrogens (tertiary/aromatic N) is 4. The SMILES string of the molecule is CN(C(=O)OCC(=CF)Cn1ncn(-c2ccc(Br)cc2)c1=O)C(C)(C)C. The molecule has 0 unspecified atom stereocenters. The van der Waals surface area contributed by atoms with E-state index in [4.69, 9.17) is 4.74 Å². The Morgan fingerprint density at radius 2 is 1.96 bits per heavy atom. The molecule has 27 heavy (non-hydrogen) atoms. The molecule has 0 spiro atoms. The molecule has 2 rings (SSSR count). The highest BCUT2D eigenvalue weighted by Crippen LogP contribution is 2.14. The summed E-state index contributed by atoms with van der Waals surface area (Å²) in [5.74, 6) is 0. The van der Waals surface area contributed by atoms with Crippen molar-refractivity contribution < 1.29 is 13.9 Å². The van der Waals surface area contributed by atoms with Gasteiger partial charge in [0.05, 0.1) is 18.6 Å². The maximum absolute atomic E-state index is 13.2. The van der Waals surface area contributed by atoms with Crippen LogP contribution in [0.3, 0.4) is 0 Å². The normalized spacial score (nSPS) is 12.1. The topological polar surface area (TPSA) is 69.4 Å². The minimum atomic E-state index is -0.574. The summed E-state index contributed by atoms with van der Waals surface area (Å²) >= 11 is 3.33. The molecule has 0 saturated heterocycles. The van der Waals surface area contributed by atoms with Gasteiger partial charge in [-0.3, -0.25) is 0 Å². The van der Waals surface area contributed by atoms with E-state index in [0.29, 0.717) is 12.0 Å². The number of aromatic nitrogens is 3. The van der Waals surface area contributed by atoms with E-state index >= 15 is 0 Å². The summed E-state index contributed by atoms with van der Waals surface area (Å²) in [6, 6.07) is 7.12. The minimum absolute atomic E-state index is 0.119. The van der Waals surface area contributed by atoms with Crippen LogP contribution in [0.25, 0.3) is 5.69 Å². The van der Waals surface area contributed by atoms with Crippen LogP contribution in [0.15, 0.2) is 51.8 Å². The van der Waals surface area contributed by atoms with Gasteiger partial charge >= 0.3 is 11.8 Å². The van der Waals surface area contributed by atoms with Crippen molar-refractivity contribution in [3.63, 3.8) is 0 Å². The summed E-state index contributed by atoms with van der Waals surface area (Å²) in [4.78, 5) is 25.9. The Kier molecular flexibility index (Phi) is 6.59. The van der Waals surface area contributed by atoms with Crippen molar-refractivity contribution in [1.82, 2.24) is 19.2 Å². The van der Waals surface area contributed by atoms with Gasteiger partial charge in [0.15, 0.2) is 0 Å². The third-order valence-corrected chi connectivity index (χ3v) is 4.54. The second kappa shape index (κ2) is 8.51. The van der Waals surface area contributed by atoms with Crippen LogP contribution >= 0.6 is 15.9 Å². The Bertz CT molecular complexity index is 881. The van der Waals surface area contributed by atoms with Gasteiger partial charge in [0, 0.05) is 22.6 Å². The molecule has 0 bridgehead atoms.